The van der Waals surface area contributed by atoms with Gasteiger partial charge >= 0.3 is 0 Å². The van der Waals surface area contributed by atoms with E-state index in [0.717, 1.165) is 5.56 Å². The van der Waals surface area contributed by atoms with Crippen LogP contribution in [0.3, 0.4) is 0 Å². The lowest BCUT2D eigenvalue weighted by molar-refractivity contribution is 0.291. The largest absolute Gasteiger partial charge is 0.471 e. The molecule has 4 heteroatoms. The third-order valence-corrected chi connectivity index (χ3v) is 1.99. The van der Waals surface area contributed by atoms with E-state index in [1.807, 2.05) is 36.4 Å². The zero-order chi connectivity index (χ0) is 11.2. The minimum absolute atomic E-state index is 0.207. The highest BCUT2D eigenvalue weighted by Gasteiger charge is 2.04. The number of nitrogens with zero attached hydrogens (tertiary/aromatic N) is 3. The number of benzene rings is 1. The Labute approximate surface area is 93.2 Å². The quantitative estimate of drug-likeness (QED) is 0.778. The van der Waals surface area contributed by atoms with Crippen LogP contribution in [0.4, 0.5) is 0 Å². The Morgan fingerprint density at radius 2 is 1.88 bits per heavy atom. The van der Waals surface area contributed by atoms with Crippen LogP contribution in [-0.4, -0.2) is 9.97 Å². The number of hydrogen-bond acceptors (Lipinski definition) is 4. The fourth-order valence-electron chi connectivity index (χ4n) is 1.23. The van der Waals surface area contributed by atoms with Crippen LogP contribution in [0.2, 0.25) is 0 Å². The van der Waals surface area contributed by atoms with Crippen molar-refractivity contribution in [2.75, 3.05) is 0 Å². The Balaban J connectivity index is 2.09. The Morgan fingerprint density at radius 1 is 1.12 bits per heavy atom. The standard InChI is InChI=1S/C12H9N3O/c13-8-11-12(15-7-6-14-11)16-9-10-4-2-1-3-5-10/h1-7H,9H2. The van der Waals surface area contributed by atoms with E-state index in [0.29, 0.717) is 6.61 Å². The highest BCUT2D eigenvalue weighted by Crippen LogP contribution is 2.12. The molecule has 0 aliphatic carbocycles. The van der Waals surface area contributed by atoms with Gasteiger partial charge in [-0.2, -0.15) is 5.26 Å². The van der Waals surface area contributed by atoms with Gasteiger partial charge in [0.1, 0.15) is 12.7 Å². The first kappa shape index (κ1) is 10.1. The maximum Gasteiger partial charge on any atom is 0.251 e. The van der Waals surface area contributed by atoms with Crippen molar-refractivity contribution in [3.63, 3.8) is 0 Å². The van der Waals surface area contributed by atoms with Crippen LogP contribution in [0.5, 0.6) is 5.88 Å². The summed E-state index contributed by atoms with van der Waals surface area (Å²) in [7, 11) is 0. The van der Waals surface area contributed by atoms with Crippen molar-refractivity contribution < 1.29 is 4.74 Å². The van der Waals surface area contributed by atoms with Crippen LogP contribution in [0.25, 0.3) is 0 Å². The predicted molar refractivity (Wildman–Crippen MR) is 57.5 cm³/mol. The van der Waals surface area contributed by atoms with Crippen molar-refractivity contribution >= 4 is 0 Å². The number of rotatable bonds is 3. The van der Waals surface area contributed by atoms with Gasteiger partial charge in [-0.1, -0.05) is 30.3 Å². The molecule has 2 aromatic rings. The molecule has 0 saturated carbocycles. The van der Waals surface area contributed by atoms with Crippen LogP contribution in [0, 0.1) is 11.3 Å². The summed E-state index contributed by atoms with van der Waals surface area (Å²) in [6, 6.07) is 11.6. The molecule has 0 unspecified atom stereocenters. The fraction of sp³-hybridized carbons (Fsp3) is 0.0833. The van der Waals surface area contributed by atoms with Gasteiger partial charge in [-0.05, 0) is 5.56 Å². The summed E-state index contributed by atoms with van der Waals surface area (Å²) in [5.41, 5.74) is 1.23. The van der Waals surface area contributed by atoms with E-state index in [1.54, 1.807) is 0 Å². The lowest BCUT2D eigenvalue weighted by Crippen LogP contribution is -2.00. The summed E-state index contributed by atoms with van der Waals surface area (Å²) in [6.45, 7) is 0.383. The number of nitriles is 1. The van der Waals surface area contributed by atoms with Crippen LogP contribution in [0.1, 0.15) is 11.3 Å². The molecule has 2 rings (SSSR count). The van der Waals surface area contributed by atoms with Crippen LogP contribution in [-0.2, 0) is 6.61 Å². The Morgan fingerprint density at radius 3 is 2.62 bits per heavy atom. The summed E-state index contributed by atoms with van der Waals surface area (Å²) in [5, 5.41) is 8.78. The van der Waals surface area contributed by atoms with Gasteiger partial charge in [-0.25, -0.2) is 9.97 Å². The van der Waals surface area contributed by atoms with Crippen molar-refractivity contribution in [1.82, 2.24) is 9.97 Å². The minimum atomic E-state index is 0.207. The molecular weight excluding hydrogens is 202 g/mol. The average molecular weight is 211 g/mol. The van der Waals surface area contributed by atoms with Gasteiger partial charge in [0.15, 0.2) is 0 Å². The molecule has 0 spiro atoms. The molecule has 1 aromatic heterocycles. The van der Waals surface area contributed by atoms with E-state index in [2.05, 4.69) is 9.97 Å². The first-order valence-corrected chi connectivity index (χ1v) is 4.78. The third-order valence-electron chi connectivity index (χ3n) is 1.99. The second kappa shape index (κ2) is 4.89. The SMILES string of the molecule is N#Cc1nccnc1OCc1ccccc1. The van der Waals surface area contributed by atoms with Gasteiger partial charge in [0.2, 0.25) is 5.69 Å². The van der Waals surface area contributed by atoms with Gasteiger partial charge in [0.05, 0.1) is 0 Å². The molecule has 16 heavy (non-hydrogen) atoms. The molecular formula is C12H9N3O. The second-order valence-corrected chi connectivity index (χ2v) is 3.10. The molecule has 4 nitrogen and oxygen atoms in total. The monoisotopic (exact) mass is 211 g/mol. The molecule has 0 aliphatic rings. The Hall–Kier alpha value is -2.41. The molecule has 0 bridgehead atoms. The van der Waals surface area contributed by atoms with Crippen molar-refractivity contribution in [3.8, 4) is 11.9 Å². The summed E-state index contributed by atoms with van der Waals surface area (Å²) in [5.74, 6) is 0.272. The Kier molecular flexibility index (Phi) is 3.10. The van der Waals surface area contributed by atoms with Gasteiger partial charge < -0.3 is 4.74 Å². The number of aromatic nitrogens is 2. The number of ether oxygens (including phenoxy) is 1. The molecule has 0 fully saturated rings. The molecule has 0 N–H and O–H groups in total. The van der Waals surface area contributed by atoms with E-state index in [4.69, 9.17) is 10.00 Å². The third kappa shape index (κ3) is 2.34. The van der Waals surface area contributed by atoms with Gasteiger partial charge in [-0.3, -0.25) is 0 Å². The first-order chi connectivity index (χ1) is 7.90. The highest BCUT2D eigenvalue weighted by molar-refractivity contribution is 5.30. The predicted octanol–water partition coefficient (Wildman–Crippen LogP) is 1.93. The lowest BCUT2D eigenvalue weighted by atomic mass is 10.2. The number of hydrogen-bond donors (Lipinski definition) is 0. The summed E-state index contributed by atoms with van der Waals surface area (Å²) >= 11 is 0. The van der Waals surface area contributed by atoms with Crippen LogP contribution in [0.15, 0.2) is 42.7 Å². The molecule has 0 radical (unpaired) electrons. The smallest absolute Gasteiger partial charge is 0.251 e. The van der Waals surface area contributed by atoms with E-state index in [-0.39, 0.29) is 11.6 Å². The van der Waals surface area contributed by atoms with Gasteiger partial charge in [0, 0.05) is 12.4 Å². The van der Waals surface area contributed by atoms with E-state index in [9.17, 15) is 0 Å². The topological polar surface area (TPSA) is 58.8 Å². The zero-order valence-corrected chi connectivity index (χ0v) is 8.50. The highest BCUT2D eigenvalue weighted by atomic mass is 16.5. The molecule has 0 saturated heterocycles. The van der Waals surface area contributed by atoms with E-state index < -0.39 is 0 Å². The first-order valence-electron chi connectivity index (χ1n) is 4.78. The second-order valence-electron chi connectivity index (χ2n) is 3.10. The van der Waals surface area contributed by atoms with Crippen molar-refractivity contribution in [2.24, 2.45) is 0 Å². The molecule has 0 amide bonds. The van der Waals surface area contributed by atoms with Gasteiger partial charge in [0.25, 0.3) is 5.88 Å². The minimum Gasteiger partial charge on any atom is -0.471 e. The maximum absolute atomic E-state index is 8.78. The van der Waals surface area contributed by atoms with Crippen molar-refractivity contribution in [3.05, 3.63) is 54.0 Å². The van der Waals surface area contributed by atoms with E-state index >= 15 is 0 Å². The lowest BCUT2D eigenvalue weighted by Gasteiger charge is -2.05. The summed E-state index contributed by atoms with van der Waals surface area (Å²) in [6.07, 6.45) is 2.97. The maximum atomic E-state index is 8.78. The van der Waals surface area contributed by atoms with Crippen LogP contribution >= 0.6 is 0 Å². The zero-order valence-electron chi connectivity index (χ0n) is 8.50. The van der Waals surface area contributed by atoms with E-state index in [1.165, 1.54) is 12.4 Å². The molecule has 0 aliphatic heterocycles. The van der Waals surface area contributed by atoms with Crippen LogP contribution < -0.4 is 4.74 Å². The normalized spacial score (nSPS) is 9.44. The average Bonchev–Trinajstić information content (AvgIpc) is 2.38. The molecule has 1 aromatic carbocycles. The Bertz CT molecular complexity index is 505. The van der Waals surface area contributed by atoms with Gasteiger partial charge in [-0.15, -0.1) is 0 Å². The van der Waals surface area contributed by atoms with Crippen molar-refractivity contribution in [2.45, 2.75) is 6.61 Å². The fourth-order valence-corrected chi connectivity index (χ4v) is 1.23. The molecule has 78 valence electrons. The summed E-state index contributed by atoms with van der Waals surface area (Å²) in [4.78, 5) is 7.82. The molecule has 0 atom stereocenters. The molecule has 1 heterocycles. The summed E-state index contributed by atoms with van der Waals surface area (Å²) < 4.78 is 5.42. The van der Waals surface area contributed by atoms with Crippen molar-refractivity contribution in [1.29, 1.82) is 5.26 Å².